The number of alkyl halides is 3. The van der Waals surface area contributed by atoms with E-state index in [1.54, 1.807) is 12.1 Å². The monoisotopic (exact) mass is 434 g/mol. The fourth-order valence-electron chi connectivity index (χ4n) is 2.79. The lowest BCUT2D eigenvalue weighted by Gasteiger charge is -2.11. The van der Waals surface area contributed by atoms with E-state index in [1.807, 2.05) is 0 Å². The third-order valence-electron chi connectivity index (χ3n) is 4.17. The molecular weight excluding hydrogens is 421 g/mol. The van der Waals surface area contributed by atoms with Crippen molar-refractivity contribution in [3.63, 3.8) is 0 Å². The molecule has 0 unspecified atom stereocenters. The summed E-state index contributed by atoms with van der Waals surface area (Å²) in [5, 5.41) is 12.7. The van der Waals surface area contributed by atoms with Crippen molar-refractivity contribution in [2.45, 2.75) is 18.9 Å². The SMILES string of the molecule is O=C(O)c1ccc(-c2ccc(OC3=NO[C@@H](c4ccc(OC(F)(F)F)cc4)C3)cn2)o1. The van der Waals surface area contributed by atoms with Crippen LogP contribution >= 0.6 is 0 Å². The number of hydrogen-bond donors (Lipinski definition) is 1. The molecule has 0 bridgehead atoms. The van der Waals surface area contributed by atoms with E-state index in [0.717, 1.165) is 0 Å². The Balaban J connectivity index is 1.35. The fraction of sp³-hybridized carbons (Fsp3) is 0.150. The van der Waals surface area contributed by atoms with Gasteiger partial charge in [0.15, 0.2) is 11.9 Å². The second-order valence-electron chi connectivity index (χ2n) is 6.35. The number of pyridine rings is 1. The highest BCUT2D eigenvalue weighted by molar-refractivity contribution is 5.85. The predicted molar refractivity (Wildman–Crippen MR) is 98.5 cm³/mol. The molecule has 1 atom stereocenters. The zero-order valence-corrected chi connectivity index (χ0v) is 15.5. The zero-order chi connectivity index (χ0) is 22.0. The van der Waals surface area contributed by atoms with Gasteiger partial charge in [-0.05, 0) is 42.0 Å². The molecule has 0 saturated carbocycles. The number of halogens is 3. The van der Waals surface area contributed by atoms with Crippen LogP contribution in [0.2, 0.25) is 0 Å². The van der Waals surface area contributed by atoms with Crippen LogP contribution in [0.4, 0.5) is 13.2 Å². The lowest BCUT2D eigenvalue weighted by atomic mass is 10.1. The van der Waals surface area contributed by atoms with Crippen molar-refractivity contribution in [3.8, 4) is 23.0 Å². The molecule has 11 heteroatoms. The Labute approximate surface area is 172 Å². The molecule has 3 heterocycles. The van der Waals surface area contributed by atoms with Gasteiger partial charge in [0.1, 0.15) is 17.2 Å². The molecule has 2 aromatic heterocycles. The minimum absolute atomic E-state index is 0.196. The van der Waals surface area contributed by atoms with E-state index >= 15 is 0 Å². The smallest absolute Gasteiger partial charge is 0.475 e. The van der Waals surface area contributed by atoms with Gasteiger partial charge in [-0.15, -0.1) is 13.2 Å². The predicted octanol–water partition coefficient (Wildman–Crippen LogP) is 4.79. The van der Waals surface area contributed by atoms with Crippen LogP contribution in [0.3, 0.4) is 0 Å². The molecule has 8 nitrogen and oxygen atoms in total. The number of carboxylic acids is 1. The number of nitrogens with zero attached hydrogens (tertiary/aromatic N) is 2. The van der Waals surface area contributed by atoms with Gasteiger partial charge in [-0.2, -0.15) is 0 Å². The van der Waals surface area contributed by atoms with Gasteiger partial charge in [-0.25, -0.2) is 9.78 Å². The van der Waals surface area contributed by atoms with Crippen LogP contribution in [-0.4, -0.2) is 28.3 Å². The molecule has 4 rings (SSSR count). The van der Waals surface area contributed by atoms with Crippen molar-refractivity contribution in [2.75, 3.05) is 0 Å². The standard InChI is InChI=1S/C20H13F3N2O6/c21-20(22,23)30-12-3-1-11(2-4-12)17-9-18(25-31-17)28-13-5-6-14(24-10-13)15-7-8-16(29-15)19(26)27/h1-8,10,17H,9H2,(H,26,27)/t17-/m1/s1. The molecule has 1 aliphatic heterocycles. The van der Waals surface area contributed by atoms with E-state index in [1.165, 1.54) is 42.6 Å². The van der Waals surface area contributed by atoms with Crippen LogP contribution in [0.1, 0.15) is 28.6 Å². The highest BCUT2D eigenvalue weighted by Crippen LogP contribution is 2.31. The number of oxime groups is 1. The third-order valence-corrected chi connectivity index (χ3v) is 4.17. The average molecular weight is 434 g/mol. The Morgan fingerprint density at radius 1 is 1.06 bits per heavy atom. The summed E-state index contributed by atoms with van der Waals surface area (Å²) in [6.07, 6.45) is -3.59. The normalized spacial score (nSPS) is 15.8. The van der Waals surface area contributed by atoms with Crippen LogP contribution in [-0.2, 0) is 4.84 Å². The topological polar surface area (TPSA) is 103 Å². The number of carbonyl (C=O) groups is 1. The van der Waals surface area contributed by atoms with E-state index in [2.05, 4.69) is 14.9 Å². The average Bonchev–Trinajstić information content (AvgIpc) is 3.38. The minimum atomic E-state index is -4.76. The molecule has 0 radical (unpaired) electrons. The minimum Gasteiger partial charge on any atom is -0.475 e. The summed E-state index contributed by atoms with van der Waals surface area (Å²) in [7, 11) is 0. The largest absolute Gasteiger partial charge is 0.573 e. The van der Waals surface area contributed by atoms with Crippen LogP contribution in [0.25, 0.3) is 11.5 Å². The van der Waals surface area contributed by atoms with Gasteiger partial charge in [-0.3, -0.25) is 0 Å². The molecule has 0 aliphatic carbocycles. The number of furan rings is 1. The highest BCUT2D eigenvalue weighted by Gasteiger charge is 2.31. The molecule has 160 valence electrons. The number of rotatable bonds is 5. The van der Waals surface area contributed by atoms with Crippen molar-refractivity contribution in [1.82, 2.24) is 4.98 Å². The molecule has 0 amide bonds. The fourth-order valence-corrected chi connectivity index (χ4v) is 2.79. The van der Waals surface area contributed by atoms with Crippen molar-refractivity contribution in [2.24, 2.45) is 5.16 Å². The van der Waals surface area contributed by atoms with E-state index in [0.29, 0.717) is 22.8 Å². The molecule has 1 N–H and O–H groups in total. The van der Waals surface area contributed by atoms with Crippen molar-refractivity contribution >= 4 is 11.9 Å². The lowest BCUT2D eigenvalue weighted by Crippen LogP contribution is -2.17. The first kappa shape index (κ1) is 20.3. The van der Waals surface area contributed by atoms with Gasteiger partial charge in [0, 0.05) is 0 Å². The van der Waals surface area contributed by atoms with Crippen LogP contribution < -0.4 is 9.47 Å². The van der Waals surface area contributed by atoms with Gasteiger partial charge < -0.3 is 23.8 Å². The maximum Gasteiger partial charge on any atom is 0.573 e. The number of benzene rings is 1. The second kappa shape index (κ2) is 8.01. The molecule has 1 aromatic carbocycles. The first-order valence-electron chi connectivity index (χ1n) is 8.82. The number of aromatic nitrogens is 1. The van der Waals surface area contributed by atoms with Crippen molar-refractivity contribution in [1.29, 1.82) is 0 Å². The van der Waals surface area contributed by atoms with Crippen LogP contribution in [0, 0.1) is 0 Å². The first-order valence-corrected chi connectivity index (χ1v) is 8.82. The summed E-state index contributed by atoms with van der Waals surface area (Å²) in [5.74, 6) is -0.776. The third kappa shape index (κ3) is 4.94. The van der Waals surface area contributed by atoms with Crippen molar-refractivity contribution in [3.05, 3.63) is 66.1 Å². The van der Waals surface area contributed by atoms with Gasteiger partial charge >= 0.3 is 12.3 Å². The van der Waals surface area contributed by atoms with Gasteiger partial charge in [0.25, 0.3) is 0 Å². The molecule has 0 spiro atoms. The maximum absolute atomic E-state index is 12.2. The number of aromatic carboxylic acids is 1. The van der Waals surface area contributed by atoms with E-state index in [-0.39, 0.29) is 23.8 Å². The summed E-state index contributed by atoms with van der Waals surface area (Å²) in [5.41, 5.74) is 1.03. The Bertz CT molecular complexity index is 1110. The Morgan fingerprint density at radius 2 is 1.81 bits per heavy atom. The number of carboxylic acid groups (broad SMARTS) is 1. The maximum atomic E-state index is 12.2. The molecule has 0 fully saturated rings. The Morgan fingerprint density at radius 3 is 2.42 bits per heavy atom. The number of ether oxygens (including phenoxy) is 2. The second-order valence-corrected chi connectivity index (χ2v) is 6.35. The molecule has 31 heavy (non-hydrogen) atoms. The van der Waals surface area contributed by atoms with Gasteiger partial charge in [0.05, 0.1) is 12.6 Å². The van der Waals surface area contributed by atoms with Crippen LogP contribution in [0.5, 0.6) is 11.5 Å². The summed E-state index contributed by atoms with van der Waals surface area (Å²) in [6, 6.07) is 11.3. The number of hydrogen-bond acceptors (Lipinski definition) is 7. The zero-order valence-electron chi connectivity index (χ0n) is 15.5. The lowest BCUT2D eigenvalue weighted by molar-refractivity contribution is -0.274. The quantitative estimate of drug-likeness (QED) is 0.616. The van der Waals surface area contributed by atoms with Crippen molar-refractivity contribution < 1.29 is 41.8 Å². The van der Waals surface area contributed by atoms with Gasteiger partial charge in [0.2, 0.25) is 11.7 Å². The first-order chi connectivity index (χ1) is 14.8. The molecule has 1 aliphatic rings. The Hall–Kier alpha value is -4.02. The molecule has 0 saturated heterocycles. The summed E-state index contributed by atoms with van der Waals surface area (Å²) in [4.78, 5) is 20.3. The summed E-state index contributed by atoms with van der Waals surface area (Å²) < 4.78 is 51.4. The molecule has 3 aromatic rings. The Kier molecular flexibility index (Phi) is 5.24. The van der Waals surface area contributed by atoms with Crippen LogP contribution in [0.15, 0.2) is 64.3 Å². The summed E-state index contributed by atoms with van der Waals surface area (Å²) in [6.45, 7) is 0. The van der Waals surface area contributed by atoms with E-state index in [9.17, 15) is 18.0 Å². The van der Waals surface area contributed by atoms with E-state index in [4.69, 9.17) is 19.1 Å². The van der Waals surface area contributed by atoms with E-state index < -0.39 is 18.4 Å². The molecular formula is C20H13F3N2O6. The summed E-state index contributed by atoms with van der Waals surface area (Å²) >= 11 is 0. The highest BCUT2D eigenvalue weighted by atomic mass is 19.4. The van der Waals surface area contributed by atoms with Gasteiger partial charge in [-0.1, -0.05) is 17.3 Å².